The fraction of sp³-hybridized carbons (Fsp3) is 0.846. The van der Waals surface area contributed by atoms with Crippen molar-refractivity contribution in [2.75, 3.05) is 26.9 Å². The van der Waals surface area contributed by atoms with Gasteiger partial charge < -0.3 is 14.8 Å². The molecule has 102 valence electrons. The number of carbonyl (C=O) groups is 2. The van der Waals surface area contributed by atoms with E-state index in [0.29, 0.717) is 6.54 Å². The Morgan fingerprint density at radius 1 is 1.33 bits per heavy atom. The number of hydrogen-bond acceptors (Lipinski definition) is 4. The van der Waals surface area contributed by atoms with E-state index in [2.05, 4.69) is 10.1 Å². The van der Waals surface area contributed by atoms with Crippen molar-refractivity contribution in [3.8, 4) is 0 Å². The van der Waals surface area contributed by atoms with Crippen molar-refractivity contribution in [1.82, 2.24) is 5.32 Å². The number of ether oxygens (including phenoxy) is 2. The average Bonchev–Trinajstić information content (AvgIpc) is 2.80. The van der Waals surface area contributed by atoms with Crippen LogP contribution in [0.1, 0.15) is 32.1 Å². The summed E-state index contributed by atoms with van der Waals surface area (Å²) in [7, 11) is 1.30. The zero-order chi connectivity index (χ0) is 13.0. The van der Waals surface area contributed by atoms with Crippen LogP contribution in [0.5, 0.6) is 0 Å². The lowest BCUT2D eigenvalue weighted by molar-refractivity contribution is -0.188. The Labute approximate surface area is 107 Å². The van der Waals surface area contributed by atoms with Crippen molar-refractivity contribution in [2.24, 2.45) is 11.3 Å². The molecule has 0 atom stereocenters. The van der Waals surface area contributed by atoms with Crippen LogP contribution in [0.2, 0.25) is 0 Å². The van der Waals surface area contributed by atoms with E-state index >= 15 is 0 Å². The Morgan fingerprint density at radius 3 is 2.50 bits per heavy atom. The molecule has 1 N–H and O–H groups in total. The average molecular weight is 255 g/mol. The molecule has 1 saturated heterocycles. The molecule has 0 aromatic heterocycles. The number of carbonyl (C=O) groups excluding carboxylic acids is 2. The van der Waals surface area contributed by atoms with Crippen molar-refractivity contribution in [1.29, 1.82) is 0 Å². The van der Waals surface area contributed by atoms with Gasteiger partial charge in [0.25, 0.3) is 0 Å². The van der Waals surface area contributed by atoms with Crippen LogP contribution < -0.4 is 5.32 Å². The largest absolute Gasteiger partial charge is 0.468 e. The molecule has 1 heterocycles. The predicted octanol–water partition coefficient (Wildman–Crippen LogP) is 0.872. The van der Waals surface area contributed by atoms with Gasteiger partial charge in [-0.05, 0) is 12.3 Å². The minimum absolute atomic E-state index is 0.134. The van der Waals surface area contributed by atoms with Gasteiger partial charge in [-0.1, -0.05) is 25.7 Å². The first kappa shape index (κ1) is 13.3. The highest BCUT2D eigenvalue weighted by Crippen LogP contribution is 2.30. The fourth-order valence-electron chi connectivity index (χ4n) is 2.70. The lowest BCUT2D eigenvalue weighted by atomic mass is 9.85. The lowest BCUT2D eigenvalue weighted by Gasteiger charge is -2.36. The third-order valence-corrected chi connectivity index (χ3v) is 4.02. The van der Waals surface area contributed by atoms with Crippen LogP contribution in [0.4, 0.5) is 0 Å². The van der Waals surface area contributed by atoms with Crippen molar-refractivity contribution >= 4 is 11.9 Å². The number of hydrogen-bond donors (Lipinski definition) is 1. The van der Waals surface area contributed by atoms with Gasteiger partial charge in [-0.15, -0.1) is 0 Å². The smallest absolute Gasteiger partial charge is 0.326 e. The lowest BCUT2D eigenvalue weighted by Crippen LogP contribution is -2.59. The molecular formula is C13H21NO4. The normalized spacial score (nSPS) is 22.3. The van der Waals surface area contributed by atoms with Crippen LogP contribution in [0.25, 0.3) is 0 Å². The fourth-order valence-corrected chi connectivity index (χ4v) is 2.70. The molecule has 0 spiro atoms. The van der Waals surface area contributed by atoms with E-state index in [1.54, 1.807) is 0 Å². The van der Waals surface area contributed by atoms with E-state index in [-0.39, 0.29) is 19.1 Å². The molecular weight excluding hydrogens is 234 g/mol. The molecule has 0 bridgehead atoms. The van der Waals surface area contributed by atoms with Crippen molar-refractivity contribution < 1.29 is 19.1 Å². The van der Waals surface area contributed by atoms with Gasteiger partial charge in [0.05, 0.1) is 20.3 Å². The Balaban J connectivity index is 1.77. The van der Waals surface area contributed by atoms with Crippen molar-refractivity contribution in [3.63, 3.8) is 0 Å². The molecule has 0 aromatic rings. The molecule has 1 amide bonds. The summed E-state index contributed by atoms with van der Waals surface area (Å²) < 4.78 is 9.68. The second kappa shape index (κ2) is 5.69. The molecule has 2 rings (SSSR count). The second-order valence-electron chi connectivity index (χ2n) is 5.26. The zero-order valence-corrected chi connectivity index (χ0v) is 10.9. The molecule has 5 heteroatoms. The summed E-state index contributed by atoms with van der Waals surface area (Å²) in [6.07, 6.45) is 6.14. The van der Waals surface area contributed by atoms with E-state index < -0.39 is 11.4 Å². The third kappa shape index (κ3) is 2.51. The summed E-state index contributed by atoms with van der Waals surface area (Å²) in [4.78, 5) is 23.6. The van der Waals surface area contributed by atoms with Gasteiger partial charge in [-0.2, -0.15) is 0 Å². The number of amides is 1. The van der Waals surface area contributed by atoms with E-state index in [1.165, 1.54) is 32.8 Å². The molecule has 0 aromatic carbocycles. The molecule has 1 aliphatic carbocycles. The number of methoxy groups -OCH3 is 1. The molecule has 1 aliphatic heterocycles. The van der Waals surface area contributed by atoms with Gasteiger partial charge in [0.15, 0.2) is 5.41 Å². The molecule has 1 saturated carbocycles. The Morgan fingerprint density at radius 2 is 2.00 bits per heavy atom. The van der Waals surface area contributed by atoms with Crippen LogP contribution in [0, 0.1) is 11.3 Å². The Kier molecular flexibility index (Phi) is 4.22. The van der Waals surface area contributed by atoms with E-state index in [9.17, 15) is 9.59 Å². The highest BCUT2D eigenvalue weighted by Gasteiger charge is 2.53. The molecule has 2 fully saturated rings. The summed E-state index contributed by atoms with van der Waals surface area (Å²) in [5.41, 5.74) is -1.09. The monoisotopic (exact) mass is 255 g/mol. The minimum Gasteiger partial charge on any atom is -0.468 e. The van der Waals surface area contributed by atoms with Gasteiger partial charge in [-0.3, -0.25) is 9.59 Å². The molecule has 2 aliphatic rings. The van der Waals surface area contributed by atoms with E-state index in [1.807, 2.05) is 0 Å². The Bertz CT molecular complexity index is 319. The van der Waals surface area contributed by atoms with Gasteiger partial charge in [-0.25, -0.2) is 0 Å². The highest BCUT2D eigenvalue weighted by molar-refractivity contribution is 6.03. The van der Waals surface area contributed by atoms with Crippen molar-refractivity contribution in [2.45, 2.75) is 32.1 Å². The van der Waals surface area contributed by atoms with E-state index in [0.717, 1.165) is 12.3 Å². The summed E-state index contributed by atoms with van der Waals surface area (Å²) in [6.45, 7) is 0.909. The van der Waals surface area contributed by atoms with Crippen LogP contribution in [0.15, 0.2) is 0 Å². The first-order valence-corrected chi connectivity index (χ1v) is 6.63. The molecule has 5 nitrogen and oxygen atoms in total. The molecule has 0 radical (unpaired) electrons. The summed E-state index contributed by atoms with van der Waals surface area (Å²) in [5.74, 6) is -0.0114. The predicted molar refractivity (Wildman–Crippen MR) is 64.9 cm³/mol. The van der Waals surface area contributed by atoms with Crippen LogP contribution >= 0.6 is 0 Å². The standard InChI is InChI=1S/C13H21NO4/c1-17-12(16)13(8-18-9-13)11(15)14-7-6-10-4-2-3-5-10/h10H,2-9H2,1H3,(H,14,15). The zero-order valence-electron chi connectivity index (χ0n) is 10.9. The van der Waals surface area contributed by atoms with Crippen molar-refractivity contribution in [3.05, 3.63) is 0 Å². The SMILES string of the molecule is COC(=O)C1(C(=O)NCCC2CCCC2)COC1. The Hall–Kier alpha value is -1.10. The maximum atomic E-state index is 12.0. The maximum absolute atomic E-state index is 12.0. The van der Waals surface area contributed by atoms with Gasteiger partial charge in [0, 0.05) is 6.54 Å². The maximum Gasteiger partial charge on any atom is 0.326 e. The van der Waals surface area contributed by atoms with Gasteiger partial charge >= 0.3 is 5.97 Å². The highest BCUT2D eigenvalue weighted by atomic mass is 16.5. The summed E-state index contributed by atoms with van der Waals surface area (Å²) >= 11 is 0. The van der Waals surface area contributed by atoms with Crippen LogP contribution in [-0.2, 0) is 19.1 Å². The first-order valence-electron chi connectivity index (χ1n) is 6.63. The third-order valence-electron chi connectivity index (χ3n) is 4.02. The first-order chi connectivity index (χ1) is 8.69. The van der Waals surface area contributed by atoms with Crippen LogP contribution in [0.3, 0.4) is 0 Å². The topological polar surface area (TPSA) is 64.6 Å². The summed E-state index contributed by atoms with van der Waals surface area (Å²) in [6, 6.07) is 0. The second-order valence-corrected chi connectivity index (χ2v) is 5.26. The summed E-state index contributed by atoms with van der Waals surface area (Å²) in [5, 5.41) is 2.85. The minimum atomic E-state index is -1.09. The number of nitrogens with one attached hydrogen (secondary N) is 1. The van der Waals surface area contributed by atoms with Gasteiger partial charge in [0.2, 0.25) is 5.91 Å². The van der Waals surface area contributed by atoms with E-state index in [4.69, 9.17) is 4.74 Å². The molecule has 0 unspecified atom stereocenters. The molecule has 18 heavy (non-hydrogen) atoms. The van der Waals surface area contributed by atoms with Gasteiger partial charge in [0.1, 0.15) is 0 Å². The quantitative estimate of drug-likeness (QED) is 0.585. The number of rotatable bonds is 5. The van der Waals surface area contributed by atoms with Crippen LogP contribution in [-0.4, -0.2) is 38.7 Å². The number of esters is 1.